The van der Waals surface area contributed by atoms with Gasteiger partial charge in [0, 0.05) is 21.8 Å². The summed E-state index contributed by atoms with van der Waals surface area (Å²) in [5.74, 6) is 0. The largest absolute Gasteiger partial charge is 0.468 e. The minimum atomic E-state index is -1.65. The molecule has 23 heteroatoms. The van der Waals surface area contributed by atoms with Gasteiger partial charge in [-0.3, -0.25) is 0 Å². The number of fused-ring (bicyclic) bond motifs is 1. The van der Waals surface area contributed by atoms with Crippen LogP contribution in [0.5, 0.6) is 0 Å². The van der Waals surface area contributed by atoms with E-state index in [1.54, 1.807) is 24.3 Å². The first kappa shape index (κ1) is 128. The Kier molecular flexibility index (Phi) is 79.8. The number of halogens is 1. The van der Waals surface area contributed by atoms with Crippen molar-refractivity contribution in [3.05, 3.63) is 71.8 Å². The molecule has 0 saturated carbocycles. The molecule has 3 aromatic carbocycles. The maximum atomic E-state index is 12.5. The number of unbranched alkanes of at least 4 members (excludes halogenated alkanes) is 68. The summed E-state index contributed by atoms with van der Waals surface area (Å²) in [6.45, 7) is 7.36. The maximum absolute atomic E-state index is 12.5. The van der Waals surface area contributed by atoms with Gasteiger partial charge in [0.05, 0.1) is 49.2 Å². The Bertz CT molecular complexity index is 3340. The average molecular weight is 2040 g/mol. The number of benzene rings is 3. The zero-order chi connectivity index (χ0) is 101. The Morgan fingerprint density at radius 2 is 0.631 bits per heavy atom. The van der Waals surface area contributed by atoms with E-state index in [4.69, 9.17) is 64.5 Å². The SMILES string of the molecule is CCCCCCCCCCCCCCCCCCCCCCCCCCNC(CO[C@H]1O[C@H](COC(=S)Nc2cccc3ccccc23)[C@H](O)[C@H](O)[C@H]1O)C(O)C(O)CCCCCCCCCCCCCCC(O[C@H]1O[C@H](COC(=S)Nc2ccc(Cl)cc2)[C@H](O)[C@H](O)[C@H]1O)[C@@H](NCCCCCCCCCCCCCCCCCCCCCCCCCC)[C@H](O)[C@H](O)CCCCCCCCCCCCCC. The van der Waals surface area contributed by atoms with Gasteiger partial charge in [-0.15, -0.1) is 0 Å². The summed E-state index contributed by atoms with van der Waals surface area (Å²) in [5, 5.41) is 132. The van der Waals surface area contributed by atoms with E-state index in [1.807, 2.05) is 42.5 Å². The van der Waals surface area contributed by atoms with Gasteiger partial charge in [0.2, 0.25) is 0 Å². The molecular weight excluding hydrogens is 1830 g/mol. The minimum Gasteiger partial charge on any atom is -0.468 e. The van der Waals surface area contributed by atoms with Crippen molar-refractivity contribution in [2.45, 2.75) is 606 Å². The molecule has 3 aromatic rings. The van der Waals surface area contributed by atoms with Gasteiger partial charge in [-0.25, -0.2) is 0 Å². The molecule has 2 aliphatic rings. The van der Waals surface area contributed by atoms with E-state index >= 15 is 0 Å². The highest BCUT2D eigenvalue weighted by molar-refractivity contribution is 7.80. The van der Waals surface area contributed by atoms with Crippen LogP contribution in [0.3, 0.4) is 0 Å². The predicted molar refractivity (Wildman–Crippen MR) is 595 cm³/mol. The van der Waals surface area contributed by atoms with Crippen LogP contribution in [0, 0.1) is 0 Å². The number of aliphatic hydroxyl groups is 10. The summed E-state index contributed by atoms with van der Waals surface area (Å²) < 4.78 is 37.2. The van der Waals surface area contributed by atoms with Gasteiger partial charge < -0.3 is 101 Å². The van der Waals surface area contributed by atoms with Crippen LogP contribution in [0.4, 0.5) is 11.4 Å². The summed E-state index contributed by atoms with van der Waals surface area (Å²) >= 11 is 17.2. The van der Waals surface area contributed by atoms with Gasteiger partial charge in [0.25, 0.3) is 10.3 Å². The Hall–Kier alpha value is -3.05. The number of rotatable bonds is 96. The first-order valence-corrected chi connectivity index (χ1v) is 60.1. The van der Waals surface area contributed by atoms with E-state index in [9.17, 15) is 51.1 Å². The van der Waals surface area contributed by atoms with Crippen molar-refractivity contribution < 1.29 is 79.5 Å². The number of thiocarbonyl (C=S) groups is 2. The van der Waals surface area contributed by atoms with Crippen LogP contribution in [-0.4, -0.2) is 198 Å². The molecule has 17 atom stereocenters. The van der Waals surface area contributed by atoms with Crippen LogP contribution in [0.15, 0.2) is 66.7 Å². The molecule has 0 radical (unpaired) electrons. The maximum Gasteiger partial charge on any atom is 0.261 e. The molecular formula is C118H211ClN4O16S2. The highest BCUT2D eigenvalue weighted by Gasteiger charge is 2.48. The van der Waals surface area contributed by atoms with Crippen molar-refractivity contribution in [3.8, 4) is 0 Å². The monoisotopic (exact) mass is 2040 g/mol. The number of nitrogens with one attached hydrogen (secondary N) is 4. The van der Waals surface area contributed by atoms with Gasteiger partial charge in [0.15, 0.2) is 12.6 Å². The van der Waals surface area contributed by atoms with E-state index in [-0.39, 0.29) is 30.2 Å². The summed E-state index contributed by atoms with van der Waals surface area (Å²) in [6, 6.07) is 19.2. The highest BCUT2D eigenvalue weighted by Crippen LogP contribution is 2.32. The third kappa shape index (κ3) is 62.4. The van der Waals surface area contributed by atoms with E-state index < -0.39 is 104 Å². The van der Waals surface area contributed by atoms with Crippen molar-refractivity contribution in [1.82, 2.24) is 10.6 Å². The third-order valence-corrected chi connectivity index (χ3v) is 30.6. The number of anilines is 2. The molecule has 2 fully saturated rings. The average Bonchev–Trinajstić information content (AvgIpc) is 0.819. The van der Waals surface area contributed by atoms with Gasteiger partial charge in [-0.2, -0.15) is 0 Å². The van der Waals surface area contributed by atoms with Crippen LogP contribution >= 0.6 is 36.0 Å². The van der Waals surface area contributed by atoms with Gasteiger partial charge in [0.1, 0.15) is 62.0 Å². The fourth-order valence-electron chi connectivity index (χ4n) is 20.5. The molecule has 0 aromatic heterocycles. The highest BCUT2D eigenvalue weighted by atomic mass is 35.5. The molecule has 0 spiro atoms. The fourth-order valence-corrected chi connectivity index (χ4v) is 21.0. The molecule has 20 nitrogen and oxygen atoms in total. The summed E-state index contributed by atoms with van der Waals surface area (Å²) in [6.07, 6.45) is 70.8. The second-order valence-electron chi connectivity index (χ2n) is 42.4. The van der Waals surface area contributed by atoms with Crippen LogP contribution in [0.2, 0.25) is 5.02 Å². The van der Waals surface area contributed by atoms with E-state index in [0.717, 1.165) is 158 Å². The van der Waals surface area contributed by atoms with Crippen LogP contribution in [0.25, 0.3) is 10.8 Å². The third-order valence-electron chi connectivity index (χ3n) is 29.9. The second kappa shape index (κ2) is 87.6. The molecule has 141 heavy (non-hydrogen) atoms. The standard InChI is InChI=1S/C118H211ClN4O16S2/c1-4-7-10-13-16-19-22-25-27-29-31-33-35-37-39-41-43-45-49-54-59-64-69-76-90-120-100(92-134-115-113(132)111(130)109(128)104(138-115)93-136-118(141)123-99-82-78-80-95-79-74-75-81-98(95)99)107(126)101(124)83-71-66-61-56-52-47-48-53-58-63-68-73-85-103(137-116-114(133)112(131)110(129)105(139-116)94-135-117(140)122-97-88-86-96(119)87-89-97)106(108(127)102(125)84-72-67-62-57-51-24-21-18-15-12-9-6-3)121-91-77-70-65-60-55-50-46-44-42-40-38-36-34-32-30-28-26-23-20-17-14-11-8-5-2/h74-75,78-82,86-89,100-116,120-121,124-133H,4-73,76-77,83-85,90-94H2,1-3H3,(H,122,140)(H,123,141)/t100?,101?,102-,103?,104-,105-,106-,107?,108-,109+,110+,111+,112+,113-,114-,115+,116+/m1/s1. The minimum absolute atomic E-state index is 0.0111. The van der Waals surface area contributed by atoms with E-state index in [2.05, 4.69) is 42.0 Å². The molecule has 4 unspecified atom stereocenters. The topological polar surface area (TPSA) is 306 Å². The molecule has 2 heterocycles. The molecule has 2 saturated heterocycles. The van der Waals surface area contributed by atoms with Crippen molar-refractivity contribution in [2.75, 3.05) is 43.5 Å². The zero-order valence-electron chi connectivity index (χ0n) is 89.4. The first-order valence-electron chi connectivity index (χ1n) is 58.9. The van der Waals surface area contributed by atoms with Gasteiger partial charge in [-0.05, 0) is 105 Å². The number of aliphatic hydroxyl groups excluding tert-OH is 10. The normalized spacial score (nSPS) is 19.9. The number of ether oxygens (including phenoxy) is 6. The summed E-state index contributed by atoms with van der Waals surface area (Å²) in [4.78, 5) is 0. The molecule has 5 rings (SSSR count). The van der Waals surface area contributed by atoms with E-state index in [0.29, 0.717) is 43.1 Å². The van der Waals surface area contributed by atoms with E-state index in [1.165, 1.54) is 321 Å². The lowest BCUT2D eigenvalue weighted by Crippen LogP contribution is -2.62. The molecule has 0 amide bonds. The zero-order valence-corrected chi connectivity index (χ0v) is 91.7. The Labute approximate surface area is 874 Å². The van der Waals surface area contributed by atoms with Crippen molar-refractivity contribution in [2.24, 2.45) is 0 Å². The molecule has 0 bridgehead atoms. The van der Waals surface area contributed by atoms with Crippen molar-refractivity contribution >= 4 is 68.5 Å². The Balaban J connectivity index is 1.09. The van der Waals surface area contributed by atoms with Gasteiger partial charge >= 0.3 is 0 Å². The Morgan fingerprint density at radius 1 is 0.326 bits per heavy atom. The van der Waals surface area contributed by atoms with Crippen LogP contribution in [-0.2, 0) is 28.4 Å². The Morgan fingerprint density at radius 3 is 1.01 bits per heavy atom. The lowest BCUT2D eigenvalue weighted by Gasteiger charge is -2.43. The van der Waals surface area contributed by atoms with Crippen LogP contribution < -0.4 is 21.3 Å². The molecule has 0 aliphatic carbocycles. The fraction of sp³-hybridized carbons (Fsp3) is 0.847. The second-order valence-corrected chi connectivity index (χ2v) is 43.6. The van der Waals surface area contributed by atoms with Crippen molar-refractivity contribution in [3.63, 3.8) is 0 Å². The molecule has 2 aliphatic heterocycles. The lowest BCUT2D eigenvalue weighted by molar-refractivity contribution is -0.314. The summed E-state index contributed by atoms with van der Waals surface area (Å²) in [7, 11) is 0. The smallest absolute Gasteiger partial charge is 0.261 e. The predicted octanol–water partition coefficient (Wildman–Crippen LogP) is 28.3. The number of hydrogen-bond donors (Lipinski definition) is 14. The summed E-state index contributed by atoms with van der Waals surface area (Å²) in [5.41, 5.74) is 1.39. The van der Waals surface area contributed by atoms with Gasteiger partial charge in [-0.1, -0.05) is 518 Å². The van der Waals surface area contributed by atoms with Crippen molar-refractivity contribution in [1.29, 1.82) is 0 Å². The number of hydrogen-bond acceptors (Lipinski definition) is 20. The lowest BCUT2D eigenvalue weighted by atomic mass is 9.92. The first-order chi connectivity index (χ1) is 69.0. The quantitative estimate of drug-likeness (QED) is 0.0184. The molecule has 14 N–H and O–H groups in total. The van der Waals surface area contributed by atoms with Crippen LogP contribution in [0.1, 0.15) is 502 Å². The molecule has 818 valence electrons.